The van der Waals surface area contributed by atoms with Gasteiger partial charge in [0.2, 0.25) is 10.0 Å². The predicted molar refractivity (Wildman–Crippen MR) is 72.6 cm³/mol. The van der Waals surface area contributed by atoms with Crippen molar-refractivity contribution in [3.63, 3.8) is 0 Å². The molecule has 2 N–H and O–H groups in total. The van der Waals surface area contributed by atoms with Crippen molar-refractivity contribution in [2.24, 2.45) is 0 Å². The van der Waals surface area contributed by atoms with E-state index < -0.39 is 10.0 Å². The van der Waals surface area contributed by atoms with E-state index in [0.29, 0.717) is 5.69 Å². The first kappa shape index (κ1) is 12.9. The van der Waals surface area contributed by atoms with E-state index in [1.54, 1.807) is 12.1 Å². The van der Waals surface area contributed by atoms with E-state index in [-0.39, 0.29) is 11.8 Å². The largest absolute Gasteiger partial charge is 0.313 e. The molecule has 94 valence electrons. The first-order chi connectivity index (χ1) is 8.05. The third kappa shape index (κ3) is 3.97. The molecule has 0 aromatic heterocycles. The third-order valence-electron chi connectivity index (χ3n) is 2.70. The predicted octanol–water partition coefficient (Wildman–Crippen LogP) is 1.94. The summed E-state index contributed by atoms with van der Waals surface area (Å²) in [5.74, 6) is 0.142. The van der Waals surface area contributed by atoms with Crippen molar-refractivity contribution in [1.82, 2.24) is 5.32 Å². The van der Waals surface area contributed by atoms with Gasteiger partial charge in [-0.05, 0) is 43.7 Å². The molecule has 1 aromatic rings. The van der Waals surface area contributed by atoms with Crippen LogP contribution >= 0.6 is 15.9 Å². The van der Waals surface area contributed by atoms with Gasteiger partial charge in [0.05, 0.1) is 5.75 Å². The van der Waals surface area contributed by atoms with Crippen LogP contribution in [0, 0.1) is 0 Å². The van der Waals surface area contributed by atoms with Gasteiger partial charge in [0.25, 0.3) is 0 Å². The zero-order valence-corrected chi connectivity index (χ0v) is 11.7. The highest BCUT2D eigenvalue weighted by molar-refractivity contribution is 9.10. The maximum atomic E-state index is 11.9. The van der Waals surface area contributed by atoms with Crippen molar-refractivity contribution < 1.29 is 8.42 Å². The Morgan fingerprint density at radius 3 is 2.65 bits per heavy atom. The highest BCUT2D eigenvalue weighted by Crippen LogP contribution is 2.16. The molecule has 17 heavy (non-hydrogen) atoms. The summed E-state index contributed by atoms with van der Waals surface area (Å²) in [6.07, 6.45) is 1.99. The van der Waals surface area contributed by atoms with Gasteiger partial charge in [-0.1, -0.05) is 15.9 Å². The van der Waals surface area contributed by atoms with Gasteiger partial charge in [-0.3, -0.25) is 4.72 Å². The van der Waals surface area contributed by atoms with Gasteiger partial charge in [-0.25, -0.2) is 8.42 Å². The molecule has 4 nitrogen and oxygen atoms in total. The van der Waals surface area contributed by atoms with Gasteiger partial charge in [-0.15, -0.1) is 0 Å². The van der Waals surface area contributed by atoms with Crippen LogP contribution in [-0.2, 0) is 10.0 Å². The minimum atomic E-state index is -3.26. The molecule has 0 spiro atoms. The number of hydrogen-bond acceptors (Lipinski definition) is 3. The number of halogens is 1. The third-order valence-corrected chi connectivity index (χ3v) is 4.62. The molecule has 0 saturated carbocycles. The molecule has 1 fully saturated rings. The molecule has 1 aliphatic rings. The Balaban J connectivity index is 1.98. The normalized spacial score (nSPS) is 20.4. The van der Waals surface area contributed by atoms with Crippen LogP contribution in [0.4, 0.5) is 5.69 Å². The Hall–Kier alpha value is -0.590. The summed E-state index contributed by atoms with van der Waals surface area (Å²) in [4.78, 5) is 0. The second-order valence-corrected chi connectivity index (χ2v) is 6.87. The molecule has 0 radical (unpaired) electrons. The van der Waals surface area contributed by atoms with Crippen LogP contribution in [0.2, 0.25) is 0 Å². The monoisotopic (exact) mass is 318 g/mol. The number of rotatable bonds is 4. The zero-order chi connectivity index (χ0) is 12.3. The first-order valence-corrected chi connectivity index (χ1v) is 7.99. The van der Waals surface area contributed by atoms with Gasteiger partial charge in [0.1, 0.15) is 0 Å². The van der Waals surface area contributed by atoms with E-state index in [0.717, 1.165) is 23.9 Å². The van der Waals surface area contributed by atoms with Crippen molar-refractivity contribution in [2.45, 2.75) is 18.9 Å². The number of benzene rings is 1. The average molecular weight is 319 g/mol. The molecule has 2 rings (SSSR count). The minimum absolute atomic E-state index is 0.0861. The van der Waals surface area contributed by atoms with Crippen molar-refractivity contribution in [3.05, 3.63) is 28.7 Å². The summed E-state index contributed by atoms with van der Waals surface area (Å²) in [5.41, 5.74) is 0.603. The fraction of sp³-hybridized carbons (Fsp3) is 0.455. The lowest BCUT2D eigenvalue weighted by Gasteiger charge is -2.12. The fourth-order valence-corrected chi connectivity index (χ4v) is 3.56. The van der Waals surface area contributed by atoms with Crippen molar-refractivity contribution in [1.29, 1.82) is 0 Å². The quantitative estimate of drug-likeness (QED) is 0.892. The average Bonchev–Trinajstić information content (AvgIpc) is 2.73. The Labute approximate surface area is 110 Å². The first-order valence-electron chi connectivity index (χ1n) is 5.55. The van der Waals surface area contributed by atoms with Crippen LogP contribution in [0.25, 0.3) is 0 Å². The maximum Gasteiger partial charge on any atom is 0.234 e. The molecule has 1 atom stereocenters. The topological polar surface area (TPSA) is 58.2 Å². The second-order valence-electron chi connectivity index (χ2n) is 4.18. The van der Waals surface area contributed by atoms with Crippen LogP contribution in [0.1, 0.15) is 12.8 Å². The van der Waals surface area contributed by atoms with E-state index in [1.165, 1.54) is 0 Å². The van der Waals surface area contributed by atoms with Crippen molar-refractivity contribution >= 4 is 31.6 Å². The van der Waals surface area contributed by atoms with Gasteiger partial charge < -0.3 is 5.32 Å². The highest BCUT2D eigenvalue weighted by Gasteiger charge is 2.21. The van der Waals surface area contributed by atoms with Gasteiger partial charge >= 0.3 is 0 Å². The number of hydrogen-bond donors (Lipinski definition) is 2. The zero-order valence-electron chi connectivity index (χ0n) is 9.32. The van der Waals surface area contributed by atoms with E-state index in [2.05, 4.69) is 26.0 Å². The molecule has 0 amide bonds. The number of sulfonamides is 1. The van der Waals surface area contributed by atoms with E-state index in [4.69, 9.17) is 0 Å². The van der Waals surface area contributed by atoms with Crippen LogP contribution in [0.3, 0.4) is 0 Å². The van der Waals surface area contributed by atoms with Crippen molar-refractivity contribution in [3.8, 4) is 0 Å². The molecule has 1 saturated heterocycles. The number of nitrogens with one attached hydrogen (secondary N) is 2. The highest BCUT2D eigenvalue weighted by atomic mass is 79.9. The molecular formula is C11H15BrN2O2S. The molecular weight excluding hydrogens is 304 g/mol. The summed E-state index contributed by atoms with van der Waals surface area (Å²) in [6.45, 7) is 0.915. The van der Waals surface area contributed by atoms with Gasteiger partial charge in [0, 0.05) is 16.2 Å². The molecule has 0 aliphatic carbocycles. The van der Waals surface area contributed by atoms with Gasteiger partial charge in [-0.2, -0.15) is 0 Å². The van der Waals surface area contributed by atoms with Crippen LogP contribution in [-0.4, -0.2) is 26.8 Å². The van der Waals surface area contributed by atoms with Crippen LogP contribution in [0.5, 0.6) is 0 Å². The second kappa shape index (κ2) is 5.37. The minimum Gasteiger partial charge on any atom is -0.313 e. The van der Waals surface area contributed by atoms with Gasteiger partial charge in [0.15, 0.2) is 0 Å². The summed E-state index contributed by atoms with van der Waals surface area (Å²) in [7, 11) is -3.26. The Kier molecular flexibility index (Phi) is 4.06. The summed E-state index contributed by atoms with van der Waals surface area (Å²) in [6, 6.07) is 7.19. The number of anilines is 1. The molecule has 6 heteroatoms. The Morgan fingerprint density at radius 2 is 2.06 bits per heavy atom. The molecule has 1 unspecified atom stereocenters. The molecule has 1 heterocycles. The SMILES string of the molecule is O=S(=O)(CC1CCCN1)Nc1ccc(Br)cc1. The van der Waals surface area contributed by atoms with Crippen molar-refractivity contribution in [2.75, 3.05) is 17.0 Å². The van der Waals surface area contributed by atoms with E-state index in [1.807, 2.05) is 12.1 Å². The van der Waals surface area contributed by atoms with E-state index in [9.17, 15) is 8.42 Å². The molecule has 1 aromatic carbocycles. The maximum absolute atomic E-state index is 11.9. The standard InChI is InChI=1S/C11H15BrN2O2S/c12-9-3-5-10(6-4-9)14-17(15,16)8-11-2-1-7-13-11/h3-6,11,13-14H,1-2,7-8H2. The summed E-state index contributed by atoms with van der Waals surface area (Å²) < 4.78 is 27.3. The molecule has 1 aliphatic heterocycles. The lowest BCUT2D eigenvalue weighted by Crippen LogP contribution is -2.32. The van der Waals surface area contributed by atoms with Crippen LogP contribution in [0.15, 0.2) is 28.7 Å². The summed E-state index contributed by atoms with van der Waals surface area (Å²) >= 11 is 3.31. The van der Waals surface area contributed by atoms with Crippen LogP contribution < -0.4 is 10.0 Å². The smallest absolute Gasteiger partial charge is 0.234 e. The fourth-order valence-electron chi connectivity index (χ4n) is 1.90. The lowest BCUT2D eigenvalue weighted by atomic mass is 10.3. The summed E-state index contributed by atoms with van der Waals surface area (Å²) in [5, 5.41) is 3.18. The Morgan fingerprint density at radius 1 is 1.35 bits per heavy atom. The lowest BCUT2D eigenvalue weighted by molar-refractivity contribution is 0.582. The van der Waals surface area contributed by atoms with E-state index >= 15 is 0 Å². The Bertz CT molecular complexity index is 467. The molecule has 0 bridgehead atoms.